The zero-order valence-corrected chi connectivity index (χ0v) is 12.2. The first-order chi connectivity index (χ1) is 9.15. The lowest BCUT2D eigenvalue weighted by molar-refractivity contribution is -0.122. The molecule has 110 valence electrons. The van der Waals surface area contributed by atoms with Gasteiger partial charge in [0.1, 0.15) is 0 Å². The highest BCUT2D eigenvalue weighted by Crippen LogP contribution is 2.26. The van der Waals surface area contributed by atoms with E-state index >= 15 is 0 Å². The minimum Gasteiger partial charge on any atom is -0.353 e. The van der Waals surface area contributed by atoms with E-state index in [0.717, 1.165) is 38.4 Å². The number of nitrogens with zero attached hydrogens (tertiary/aromatic N) is 1. The predicted molar refractivity (Wildman–Crippen MR) is 77.9 cm³/mol. The first kappa shape index (κ1) is 14.8. The van der Waals surface area contributed by atoms with Crippen LogP contribution in [0.2, 0.25) is 0 Å². The summed E-state index contributed by atoms with van der Waals surface area (Å²) in [7, 11) is 0. The Labute approximate surface area is 117 Å². The molecule has 1 unspecified atom stereocenters. The molecule has 0 aromatic heterocycles. The average molecular weight is 267 g/mol. The van der Waals surface area contributed by atoms with Crippen molar-refractivity contribution >= 4 is 5.91 Å². The van der Waals surface area contributed by atoms with Gasteiger partial charge in [0.15, 0.2) is 0 Å². The summed E-state index contributed by atoms with van der Waals surface area (Å²) < 4.78 is 0. The van der Waals surface area contributed by atoms with E-state index in [2.05, 4.69) is 10.2 Å². The van der Waals surface area contributed by atoms with Gasteiger partial charge in [0, 0.05) is 37.6 Å². The van der Waals surface area contributed by atoms with Crippen molar-refractivity contribution < 1.29 is 4.79 Å². The van der Waals surface area contributed by atoms with Gasteiger partial charge in [-0.3, -0.25) is 4.79 Å². The maximum absolute atomic E-state index is 11.8. The van der Waals surface area contributed by atoms with Crippen LogP contribution < -0.4 is 11.1 Å². The van der Waals surface area contributed by atoms with E-state index in [4.69, 9.17) is 5.73 Å². The maximum Gasteiger partial charge on any atom is 0.220 e. The summed E-state index contributed by atoms with van der Waals surface area (Å²) in [6.45, 7) is 4.26. The van der Waals surface area contributed by atoms with Crippen LogP contribution in [0.25, 0.3) is 0 Å². The molecule has 0 aromatic rings. The van der Waals surface area contributed by atoms with Crippen molar-refractivity contribution in [3.63, 3.8) is 0 Å². The third kappa shape index (κ3) is 4.77. The van der Waals surface area contributed by atoms with Crippen LogP contribution in [0, 0.1) is 0 Å². The Morgan fingerprint density at radius 3 is 2.47 bits per heavy atom. The van der Waals surface area contributed by atoms with Gasteiger partial charge < -0.3 is 16.0 Å². The quantitative estimate of drug-likeness (QED) is 0.796. The third-order valence-electron chi connectivity index (χ3n) is 4.56. The number of carbonyl (C=O) groups is 1. The summed E-state index contributed by atoms with van der Waals surface area (Å²) in [6, 6.07) is 1.34. The topological polar surface area (TPSA) is 58.4 Å². The van der Waals surface area contributed by atoms with Gasteiger partial charge in [0.2, 0.25) is 5.91 Å². The van der Waals surface area contributed by atoms with E-state index in [1.807, 2.05) is 6.92 Å². The van der Waals surface area contributed by atoms with Crippen LogP contribution in [0.15, 0.2) is 0 Å². The van der Waals surface area contributed by atoms with Gasteiger partial charge in [0.05, 0.1) is 0 Å². The molecular weight excluding hydrogens is 238 g/mol. The monoisotopic (exact) mass is 267 g/mol. The molecule has 1 saturated heterocycles. The van der Waals surface area contributed by atoms with Gasteiger partial charge in [-0.2, -0.15) is 0 Å². The standard InChI is InChI=1S/C15H29N3O/c1-12(16)6-7-15(19)17-13-8-10-18(11-9-13)14-4-2-3-5-14/h12-14H,2-11,16H2,1H3,(H,17,19). The van der Waals surface area contributed by atoms with Gasteiger partial charge >= 0.3 is 0 Å². The molecule has 1 aliphatic carbocycles. The molecule has 4 nitrogen and oxygen atoms in total. The van der Waals surface area contributed by atoms with Crippen molar-refractivity contribution in [3.8, 4) is 0 Å². The van der Waals surface area contributed by atoms with Crippen molar-refractivity contribution in [2.75, 3.05) is 13.1 Å². The molecular formula is C15H29N3O. The molecule has 2 rings (SSSR count). The zero-order valence-electron chi connectivity index (χ0n) is 12.2. The SMILES string of the molecule is CC(N)CCC(=O)NC1CCN(C2CCCC2)CC1. The van der Waals surface area contributed by atoms with Crippen LogP contribution in [0.4, 0.5) is 0 Å². The Hall–Kier alpha value is -0.610. The molecule has 2 aliphatic rings. The fraction of sp³-hybridized carbons (Fsp3) is 0.933. The molecule has 1 heterocycles. The van der Waals surface area contributed by atoms with Crippen molar-refractivity contribution in [2.45, 2.75) is 76.4 Å². The molecule has 1 saturated carbocycles. The molecule has 0 bridgehead atoms. The third-order valence-corrected chi connectivity index (χ3v) is 4.56. The zero-order chi connectivity index (χ0) is 13.7. The van der Waals surface area contributed by atoms with E-state index in [0.29, 0.717) is 12.5 Å². The number of hydrogen-bond acceptors (Lipinski definition) is 3. The normalized spacial score (nSPS) is 24.5. The maximum atomic E-state index is 11.8. The van der Waals surface area contributed by atoms with Crippen LogP contribution in [0.5, 0.6) is 0 Å². The van der Waals surface area contributed by atoms with E-state index in [9.17, 15) is 4.79 Å². The fourth-order valence-electron chi connectivity index (χ4n) is 3.34. The lowest BCUT2D eigenvalue weighted by Crippen LogP contribution is -2.47. The lowest BCUT2D eigenvalue weighted by atomic mass is 10.0. The molecule has 0 spiro atoms. The highest BCUT2D eigenvalue weighted by molar-refractivity contribution is 5.76. The van der Waals surface area contributed by atoms with Crippen molar-refractivity contribution in [1.29, 1.82) is 0 Å². The van der Waals surface area contributed by atoms with Crippen LogP contribution >= 0.6 is 0 Å². The van der Waals surface area contributed by atoms with Crippen molar-refractivity contribution in [1.82, 2.24) is 10.2 Å². The van der Waals surface area contributed by atoms with E-state index in [1.165, 1.54) is 25.7 Å². The van der Waals surface area contributed by atoms with Crippen molar-refractivity contribution in [2.24, 2.45) is 5.73 Å². The van der Waals surface area contributed by atoms with E-state index in [-0.39, 0.29) is 11.9 Å². The first-order valence-electron chi connectivity index (χ1n) is 7.94. The number of hydrogen-bond donors (Lipinski definition) is 2. The highest BCUT2D eigenvalue weighted by Gasteiger charge is 2.27. The second kappa shape index (κ2) is 7.25. The molecule has 1 amide bonds. The van der Waals surface area contributed by atoms with Crippen LogP contribution in [0.3, 0.4) is 0 Å². The minimum atomic E-state index is 0.120. The Morgan fingerprint density at radius 1 is 1.26 bits per heavy atom. The number of nitrogens with one attached hydrogen (secondary N) is 1. The number of piperidine rings is 1. The molecule has 1 atom stereocenters. The summed E-state index contributed by atoms with van der Waals surface area (Å²) in [4.78, 5) is 14.4. The number of carbonyl (C=O) groups excluding carboxylic acids is 1. The molecule has 2 fully saturated rings. The molecule has 0 radical (unpaired) electrons. The summed E-state index contributed by atoms with van der Waals surface area (Å²) in [5.74, 6) is 0.177. The van der Waals surface area contributed by atoms with Crippen LogP contribution in [-0.2, 0) is 4.79 Å². The van der Waals surface area contributed by atoms with Gasteiger partial charge in [-0.25, -0.2) is 0 Å². The van der Waals surface area contributed by atoms with E-state index in [1.54, 1.807) is 0 Å². The van der Waals surface area contributed by atoms with Crippen LogP contribution in [-0.4, -0.2) is 42.0 Å². The lowest BCUT2D eigenvalue weighted by Gasteiger charge is -2.36. The molecule has 0 aromatic carbocycles. The smallest absolute Gasteiger partial charge is 0.220 e. The number of amides is 1. The van der Waals surface area contributed by atoms with E-state index < -0.39 is 0 Å². The van der Waals surface area contributed by atoms with Gasteiger partial charge in [-0.05, 0) is 39.0 Å². The fourth-order valence-corrected chi connectivity index (χ4v) is 3.34. The second-order valence-electron chi connectivity index (χ2n) is 6.33. The molecule has 19 heavy (non-hydrogen) atoms. The Bertz CT molecular complexity index is 279. The summed E-state index contributed by atoms with van der Waals surface area (Å²) >= 11 is 0. The molecule has 1 aliphatic heterocycles. The predicted octanol–water partition coefficient (Wildman–Crippen LogP) is 1.64. The Kier molecular flexibility index (Phi) is 5.64. The van der Waals surface area contributed by atoms with Gasteiger partial charge in [-0.1, -0.05) is 12.8 Å². The van der Waals surface area contributed by atoms with Gasteiger partial charge in [0.25, 0.3) is 0 Å². The Balaban J connectivity index is 1.64. The molecule has 4 heteroatoms. The summed E-state index contributed by atoms with van der Waals surface area (Å²) in [5.41, 5.74) is 5.68. The number of rotatable bonds is 5. The summed E-state index contributed by atoms with van der Waals surface area (Å²) in [6.07, 6.45) is 9.14. The second-order valence-corrected chi connectivity index (χ2v) is 6.33. The first-order valence-corrected chi connectivity index (χ1v) is 7.94. The number of nitrogens with two attached hydrogens (primary N) is 1. The number of likely N-dealkylation sites (tertiary alicyclic amines) is 1. The molecule has 3 N–H and O–H groups in total. The summed E-state index contributed by atoms with van der Waals surface area (Å²) in [5, 5.41) is 3.16. The minimum absolute atomic E-state index is 0.120. The largest absolute Gasteiger partial charge is 0.353 e. The van der Waals surface area contributed by atoms with Crippen LogP contribution in [0.1, 0.15) is 58.3 Å². The highest BCUT2D eigenvalue weighted by atomic mass is 16.1. The van der Waals surface area contributed by atoms with Gasteiger partial charge in [-0.15, -0.1) is 0 Å². The Morgan fingerprint density at radius 2 is 1.89 bits per heavy atom. The average Bonchev–Trinajstić information content (AvgIpc) is 2.91. The van der Waals surface area contributed by atoms with Crippen molar-refractivity contribution in [3.05, 3.63) is 0 Å².